The van der Waals surface area contributed by atoms with Crippen LogP contribution >= 0.6 is 11.3 Å². The highest BCUT2D eigenvalue weighted by molar-refractivity contribution is 7.13. The van der Waals surface area contributed by atoms with Crippen molar-refractivity contribution in [2.75, 3.05) is 0 Å². The minimum absolute atomic E-state index is 0.179. The number of hydrogen-bond acceptors (Lipinski definition) is 5. The molecule has 3 heterocycles. The number of halogens is 1. The van der Waals surface area contributed by atoms with Crippen molar-refractivity contribution in [3.8, 4) is 22.1 Å². The van der Waals surface area contributed by atoms with E-state index >= 15 is 0 Å². The maximum absolute atomic E-state index is 13.1. The molecule has 0 aliphatic rings. The highest BCUT2D eigenvalue weighted by Crippen LogP contribution is 2.28. The monoisotopic (exact) mass is 367 g/mol. The van der Waals surface area contributed by atoms with Crippen LogP contribution in [0.25, 0.3) is 22.1 Å². The van der Waals surface area contributed by atoms with Crippen molar-refractivity contribution in [2.24, 2.45) is 0 Å². The summed E-state index contributed by atoms with van der Waals surface area (Å²) in [5.41, 5.74) is 2.09. The molecule has 130 valence electrons. The molecule has 0 atom stereocenters. The lowest BCUT2D eigenvalue weighted by atomic mass is 10.2. The van der Waals surface area contributed by atoms with E-state index < -0.39 is 0 Å². The summed E-state index contributed by atoms with van der Waals surface area (Å²) in [6, 6.07) is 7.70. The van der Waals surface area contributed by atoms with Crippen LogP contribution in [0.3, 0.4) is 0 Å². The second kappa shape index (κ2) is 6.64. The Hall–Kier alpha value is -3.13. The van der Waals surface area contributed by atoms with E-state index in [-0.39, 0.29) is 11.4 Å². The van der Waals surface area contributed by atoms with E-state index in [0.717, 1.165) is 16.3 Å². The normalized spacial score (nSPS) is 11.0. The van der Waals surface area contributed by atoms with Gasteiger partial charge in [0.2, 0.25) is 0 Å². The summed E-state index contributed by atoms with van der Waals surface area (Å²) in [6.07, 6.45) is 3.51. The Morgan fingerprint density at radius 2 is 2.04 bits per heavy atom. The largest absolute Gasteiger partial charge is 0.323 e. The summed E-state index contributed by atoms with van der Waals surface area (Å²) in [4.78, 5) is 27.6. The number of H-pyrrole nitrogens is 1. The number of imidazole rings is 1. The van der Waals surface area contributed by atoms with Crippen molar-refractivity contribution >= 4 is 11.3 Å². The van der Waals surface area contributed by atoms with Crippen molar-refractivity contribution in [3.05, 3.63) is 75.8 Å². The third kappa shape index (κ3) is 3.31. The molecule has 26 heavy (non-hydrogen) atoms. The van der Waals surface area contributed by atoms with Crippen LogP contribution in [0.15, 0.2) is 52.9 Å². The van der Waals surface area contributed by atoms with Crippen molar-refractivity contribution < 1.29 is 4.39 Å². The summed E-state index contributed by atoms with van der Waals surface area (Å²) < 4.78 is 15.0. The molecule has 0 saturated carbocycles. The fraction of sp³-hybridized carbons (Fsp3) is 0.111. The molecule has 0 unspecified atom stereocenters. The van der Waals surface area contributed by atoms with Crippen molar-refractivity contribution in [1.82, 2.24) is 24.5 Å². The quantitative estimate of drug-likeness (QED) is 0.601. The molecule has 4 rings (SSSR count). The van der Waals surface area contributed by atoms with E-state index in [0.29, 0.717) is 23.9 Å². The van der Waals surface area contributed by atoms with Gasteiger partial charge in [-0.15, -0.1) is 11.3 Å². The molecule has 0 fully saturated rings. The second-order valence-corrected chi connectivity index (χ2v) is 6.60. The first-order valence-corrected chi connectivity index (χ1v) is 8.76. The zero-order valence-electron chi connectivity index (χ0n) is 13.8. The van der Waals surface area contributed by atoms with Gasteiger partial charge in [0, 0.05) is 29.4 Å². The summed E-state index contributed by atoms with van der Waals surface area (Å²) in [6.45, 7) is 2.17. The minimum atomic E-state index is -0.277. The smallest absolute Gasteiger partial charge is 0.251 e. The van der Waals surface area contributed by atoms with E-state index in [2.05, 4.69) is 19.9 Å². The number of rotatable bonds is 4. The Kier molecular flexibility index (Phi) is 4.18. The van der Waals surface area contributed by atoms with E-state index in [9.17, 15) is 9.18 Å². The van der Waals surface area contributed by atoms with E-state index in [4.69, 9.17) is 0 Å². The third-order valence-electron chi connectivity index (χ3n) is 3.80. The van der Waals surface area contributed by atoms with Gasteiger partial charge in [0.15, 0.2) is 10.8 Å². The summed E-state index contributed by atoms with van der Waals surface area (Å²) in [7, 11) is 0. The molecule has 0 spiro atoms. The van der Waals surface area contributed by atoms with Gasteiger partial charge in [0.1, 0.15) is 11.6 Å². The molecule has 1 N–H and O–H groups in total. The molecule has 6 nitrogen and oxygen atoms in total. The molecule has 0 saturated heterocycles. The standard InChI is InChI=1S/C18H14FN5OS/c1-11-21-14(8-16(25)22-11)9-24-7-6-20-17(24)18-23-15(10-26-18)12-2-4-13(19)5-3-12/h2-8,10H,9H2,1H3,(H,21,22,25). The number of benzene rings is 1. The van der Waals surface area contributed by atoms with Gasteiger partial charge in [-0.05, 0) is 31.2 Å². The Bertz CT molecular complexity index is 1110. The van der Waals surface area contributed by atoms with Gasteiger partial charge in [-0.3, -0.25) is 4.79 Å². The lowest BCUT2D eigenvalue weighted by molar-refractivity contribution is 0.628. The molecule has 0 radical (unpaired) electrons. The topological polar surface area (TPSA) is 76.5 Å². The highest BCUT2D eigenvalue weighted by atomic mass is 32.1. The second-order valence-electron chi connectivity index (χ2n) is 5.75. The first-order valence-electron chi connectivity index (χ1n) is 7.88. The van der Waals surface area contributed by atoms with Gasteiger partial charge >= 0.3 is 0 Å². The van der Waals surface area contributed by atoms with Gasteiger partial charge < -0.3 is 9.55 Å². The van der Waals surface area contributed by atoms with Crippen LogP contribution in [0.1, 0.15) is 11.5 Å². The third-order valence-corrected chi connectivity index (χ3v) is 4.63. The lowest BCUT2D eigenvalue weighted by Gasteiger charge is -2.06. The number of hydrogen-bond donors (Lipinski definition) is 1. The van der Waals surface area contributed by atoms with Gasteiger partial charge in [0.25, 0.3) is 5.56 Å². The molecule has 1 aromatic carbocycles. The zero-order chi connectivity index (χ0) is 18.1. The Labute approximate surface area is 152 Å². The number of aromatic nitrogens is 5. The summed E-state index contributed by atoms with van der Waals surface area (Å²) >= 11 is 1.46. The van der Waals surface area contributed by atoms with Crippen LogP contribution in [-0.2, 0) is 6.54 Å². The van der Waals surface area contributed by atoms with Gasteiger partial charge in [-0.1, -0.05) is 0 Å². The molecule has 0 amide bonds. The number of nitrogens with zero attached hydrogens (tertiary/aromatic N) is 4. The first-order chi connectivity index (χ1) is 12.6. The van der Waals surface area contributed by atoms with E-state index in [1.807, 2.05) is 16.1 Å². The van der Waals surface area contributed by atoms with Crippen LogP contribution in [0.4, 0.5) is 4.39 Å². The number of nitrogens with one attached hydrogen (secondary N) is 1. The molecule has 0 aliphatic carbocycles. The van der Waals surface area contributed by atoms with Crippen molar-refractivity contribution in [3.63, 3.8) is 0 Å². The predicted octanol–water partition coefficient (Wildman–Crippen LogP) is 3.25. The molecular formula is C18H14FN5OS. The van der Waals surface area contributed by atoms with Crippen LogP contribution < -0.4 is 5.56 Å². The Balaban J connectivity index is 1.65. The van der Waals surface area contributed by atoms with Crippen LogP contribution in [0.5, 0.6) is 0 Å². The van der Waals surface area contributed by atoms with Crippen LogP contribution in [0.2, 0.25) is 0 Å². The van der Waals surface area contributed by atoms with Crippen LogP contribution in [0, 0.1) is 12.7 Å². The number of thiazole rings is 1. The average molecular weight is 367 g/mol. The lowest BCUT2D eigenvalue weighted by Crippen LogP contribution is -2.13. The maximum Gasteiger partial charge on any atom is 0.251 e. The van der Waals surface area contributed by atoms with Gasteiger partial charge in [-0.25, -0.2) is 19.3 Å². The maximum atomic E-state index is 13.1. The predicted molar refractivity (Wildman–Crippen MR) is 97.4 cm³/mol. The fourth-order valence-corrected chi connectivity index (χ4v) is 3.50. The zero-order valence-corrected chi connectivity index (χ0v) is 14.6. The summed E-state index contributed by atoms with van der Waals surface area (Å²) in [5.74, 6) is 0.991. The fourth-order valence-electron chi connectivity index (χ4n) is 2.66. The molecular weight excluding hydrogens is 353 g/mol. The molecule has 4 aromatic rings. The molecule has 0 bridgehead atoms. The average Bonchev–Trinajstić information content (AvgIpc) is 3.23. The molecule has 0 aliphatic heterocycles. The van der Waals surface area contributed by atoms with Crippen molar-refractivity contribution in [1.29, 1.82) is 0 Å². The van der Waals surface area contributed by atoms with Gasteiger partial charge in [0.05, 0.1) is 17.9 Å². The van der Waals surface area contributed by atoms with Crippen LogP contribution in [-0.4, -0.2) is 24.5 Å². The van der Waals surface area contributed by atoms with Crippen molar-refractivity contribution in [2.45, 2.75) is 13.5 Å². The van der Waals surface area contributed by atoms with E-state index in [1.165, 1.54) is 29.5 Å². The Morgan fingerprint density at radius 3 is 2.81 bits per heavy atom. The Morgan fingerprint density at radius 1 is 1.23 bits per heavy atom. The van der Waals surface area contributed by atoms with E-state index in [1.54, 1.807) is 25.3 Å². The summed E-state index contributed by atoms with van der Waals surface area (Å²) in [5, 5.41) is 2.66. The SMILES string of the molecule is Cc1nc(Cn2ccnc2-c2nc(-c3ccc(F)cc3)cs2)cc(=O)[nH]1. The number of aromatic amines is 1. The minimum Gasteiger partial charge on any atom is -0.323 e. The number of aryl methyl sites for hydroxylation is 1. The first kappa shape index (κ1) is 16.3. The molecule has 3 aromatic heterocycles. The highest BCUT2D eigenvalue weighted by Gasteiger charge is 2.13. The molecule has 8 heteroatoms. The van der Waals surface area contributed by atoms with Gasteiger partial charge in [-0.2, -0.15) is 0 Å².